The van der Waals surface area contributed by atoms with Gasteiger partial charge in [0.25, 0.3) is 0 Å². The molecule has 2 rings (SSSR count). The summed E-state index contributed by atoms with van der Waals surface area (Å²) in [5, 5.41) is 3.04. The van der Waals surface area contributed by atoms with Gasteiger partial charge in [-0.3, -0.25) is 4.79 Å². The first-order chi connectivity index (χ1) is 9.08. The highest BCUT2D eigenvalue weighted by atomic mass is 35.5. The van der Waals surface area contributed by atoms with E-state index in [9.17, 15) is 9.18 Å². The van der Waals surface area contributed by atoms with Crippen LogP contribution < -0.4 is 5.32 Å². The van der Waals surface area contributed by atoms with Crippen LogP contribution in [0, 0.1) is 5.82 Å². The lowest BCUT2D eigenvalue weighted by atomic mass is 10.2. The molecule has 0 radical (unpaired) electrons. The lowest BCUT2D eigenvalue weighted by molar-refractivity contribution is -0.135. The van der Waals surface area contributed by atoms with Crippen LogP contribution in [0.5, 0.6) is 0 Å². The molecule has 6 heteroatoms. The third-order valence-corrected chi connectivity index (χ3v) is 3.30. The van der Waals surface area contributed by atoms with Crippen molar-refractivity contribution in [3.63, 3.8) is 0 Å². The average molecular weight is 287 g/mol. The second-order valence-corrected chi connectivity index (χ2v) is 4.84. The van der Waals surface area contributed by atoms with Gasteiger partial charge in [0.1, 0.15) is 11.9 Å². The van der Waals surface area contributed by atoms with Crippen molar-refractivity contribution in [3.8, 4) is 0 Å². The highest BCUT2D eigenvalue weighted by Crippen LogP contribution is 2.19. The van der Waals surface area contributed by atoms with Gasteiger partial charge in [0.15, 0.2) is 0 Å². The third-order valence-electron chi connectivity index (χ3n) is 3.00. The first-order valence-corrected chi connectivity index (χ1v) is 6.54. The van der Waals surface area contributed by atoms with Crippen LogP contribution in [-0.4, -0.2) is 43.2 Å². The number of ether oxygens (including phenoxy) is 1. The van der Waals surface area contributed by atoms with Gasteiger partial charge in [0.05, 0.1) is 18.2 Å². The van der Waals surface area contributed by atoms with Crippen LogP contribution in [0.25, 0.3) is 0 Å². The molecule has 1 heterocycles. The van der Waals surface area contributed by atoms with Gasteiger partial charge in [0, 0.05) is 18.8 Å². The summed E-state index contributed by atoms with van der Waals surface area (Å²) in [4.78, 5) is 13.9. The summed E-state index contributed by atoms with van der Waals surface area (Å²) < 4.78 is 18.5. The van der Waals surface area contributed by atoms with Crippen molar-refractivity contribution in [2.45, 2.75) is 13.0 Å². The molecule has 1 aromatic rings. The average Bonchev–Trinajstić information content (AvgIpc) is 2.43. The summed E-state index contributed by atoms with van der Waals surface area (Å²) in [6.07, 6.45) is 0. The molecule has 4 nitrogen and oxygen atoms in total. The molecule has 1 aromatic carbocycles. The Labute approximate surface area is 116 Å². The molecule has 0 saturated carbocycles. The second kappa shape index (κ2) is 6.21. The molecule has 1 fully saturated rings. The fourth-order valence-corrected chi connectivity index (χ4v) is 2.07. The van der Waals surface area contributed by atoms with Gasteiger partial charge in [-0.15, -0.1) is 0 Å². The summed E-state index contributed by atoms with van der Waals surface area (Å²) in [5.74, 6) is -0.517. The zero-order valence-electron chi connectivity index (χ0n) is 10.7. The van der Waals surface area contributed by atoms with Crippen LogP contribution >= 0.6 is 11.6 Å². The fraction of sp³-hybridized carbons (Fsp3) is 0.462. The van der Waals surface area contributed by atoms with E-state index in [1.807, 2.05) is 0 Å². The minimum atomic E-state index is -0.502. The van der Waals surface area contributed by atoms with Crippen LogP contribution in [-0.2, 0) is 9.53 Å². The number of rotatable bonds is 3. The number of hydrogen-bond donors (Lipinski definition) is 1. The molecule has 0 spiro atoms. The predicted molar refractivity (Wildman–Crippen MR) is 71.9 cm³/mol. The smallest absolute Gasteiger partial charge is 0.244 e. The SMILES string of the molecule is CC(Nc1ccc(Cl)c(F)c1)C(=O)N1CCOCC1. The Kier molecular flexibility index (Phi) is 4.61. The first-order valence-electron chi connectivity index (χ1n) is 6.16. The normalized spacial score (nSPS) is 17.1. The predicted octanol–water partition coefficient (Wildman–Crippen LogP) is 2.14. The van der Waals surface area contributed by atoms with Gasteiger partial charge in [0.2, 0.25) is 5.91 Å². The molecule has 1 aliphatic heterocycles. The molecule has 1 aliphatic rings. The Hall–Kier alpha value is -1.33. The molecule has 1 atom stereocenters. The molecule has 1 saturated heterocycles. The molecule has 1 N–H and O–H groups in total. The van der Waals surface area contributed by atoms with Crippen molar-refractivity contribution in [1.29, 1.82) is 0 Å². The molecule has 19 heavy (non-hydrogen) atoms. The van der Waals surface area contributed by atoms with Crippen molar-refractivity contribution < 1.29 is 13.9 Å². The number of halogens is 2. The molecule has 104 valence electrons. The zero-order chi connectivity index (χ0) is 13.8. The van der Waals surface area contributed by atoms with Gasteiger partial charge < -0.3 is 15.0 Å². The van der Waals surface area contributed by atoms with E-state index >= 15 is 0 Å². The number of amides is 1. The van der Waals surface area contributed by atoms with Crippen molar-refractivity contribution in [3.05, 3.63) is 29.0 Å². The van der Waals surface area contributed by atoms with E-state index in [1.54, 1.807) is 17.9 Å². The van der Waals surface area contributed by atoms with Crippen molar-refractivity contribution in [2.24, 2.45) is 0 Å². The van der Waals surface area contributed by atoms with Crippen LogP contribution in [0.3, 0.4) is 0 Å². The summed E-state index contributed by atoms with van der Waals surface area (Å²) in [6.45, 7) is 4.08. The van der Waals surface area contributed by atoms with Crippen molar-refractivity contribution in [2.75, 3.05) is 31.6 Å². The number of anilines is 1. The van der Waals surface area contributed by atoms with Crippen LogP contribution in [0.4, 0.5) is 10.1 Å². The molecular weight excluding hydrogens is 271 g/mol. The van der Waals surface area contributed by atoms with E-state index in [0.717, 1.165) is 0 Å². The number of hydrogen-bond acceptors (Lipinski definition) is 3. The number of carbonyl (C=O) groups is 1. The molecule has 0 aliphatic carbocycles. The highest BCUT2D eigenvalue weighted by molar-refractivity contribution is 6.30. The van der Waals surface area contributed by atoms with Gasteiger partial charge in [-0.2, -0.15) is 0 Å². The molecule has 1 unspecified atom stereocenters. The Bertz CT molecular complexity index is 464. The number of carbonyl (C=O) groups excluding carboxylic acids is 1. The van der Waals surface area contributed by atoms with Crippen molar-refractivity contribution >= 4 is 23.2 Å². The maximum absolute atomic E-state index is 13.3. The maximum atomic E-state index is 13.3. The number of nitrogens with one attached hydrogen (secondary N) is 1. The number of morpholine rings is 1. The molecule has 0 bridgehead atoms. The van der Waals surface area contributed by atoms with E-state index < -0.39 is 11.9 Å². The lowest BCUT2D eigenvalue weighted by Crippen LogP contribution is -2.47. The van der Waals surface area contributed by atoms with E-state index in [-0.39, 0.29) is 10.9 Å². The van der Waals surface area contributed by atoms with Gasteiger partial charge in [-0.1, -0.05) is 11.6 Å². The molecule has 0 aromatic heterocycles. The van der Waals surface area contributed by atoms with Crippen LogP contribution in [0.1, 0.15) is 6.92 Å². The first kappa shape index (κ1) is 14.1. The van der Waals surface area contributed by atoms with Gasteiger partial charge in [-0.05, 0) is 25.1 Å². The van der Waals surface area contributed by atoms with Crippen molar-refractivity contribution in [1.82, 2.24) is 4.90 Å². The Morgan fingerprint density at radius 2 is 2.16 bits per heavy atom. The Morgan fingerprint density at radius 3 is 2.79 bits per heavy atom. The fourth-order valence-electron chi connectivity index (χ4n) is 1.96. The Morgan fingerprint density at radius 1 is 1.47 bits per heavy atom. The number of nitrogens with zero attached hydrogens (tertiary/aromatic N) is 1. The molecule has 1 amide bonds. The zero-order valence-corrected chi connectivity index (χ0v) is 11.4. The quantitative estimate of drug-likeness (QED) is 0.926. The monoisotopic (exact) mass is 286 g/mol. The molecular formula is C13H16ClFN2O2. The highest BCUT2D eigenvalue weighted by Gasteiger charge is 2.22. The van der Waals surface area contributed by atoms with Gasteiger partial charge >= 0.3 is 0 Å². The second-order valence-electron chi connectivity index (χ2n) is 4.43. The summed E-state index contributed by atoms with van der Waals surface area (Å²) >= 11 is 5.61. The van der Waals surface area contributed by atoms with E-state index in [1.165, 1.54) is 12.1 Å². The Balaban J connectivity index is 1.97. The van der Waals surface area contributed by atoms with Crippen LogP contribution in [0.15, 0.2) is 18.2 Å². The largest absolute Gasteiger partial charge is 0.378 e. The standard InChI is InChI=1S/C13H16ClFN2O2/c1-9(13(18)17-4-6-19-7-5-17)16-10-2-3-11(14)12(15)8-10/h2-3,8-9,16H,4-7H2,1H3. The summed E-state index contributed by atoms with van der Waals surface area (Å²) in [5.41, 5.74) is 0.538. The van der Waals surface area contributed by atoms with E-state index in [2.05, 4.69) is 5.32 Å². The van der Waals surface area contributed by atoms with Crippen LogP contribution in [0.2, 0.25) is 5.02 Å². The van der Waals surface area contributed by atoms with Gasteiger partial charge in [-0.25, -0.2) is 4.39 Å². The maximum Gasteiger partial charge on any atom is 0.244 e. The van der Waals surface area contributed by atoms with E-state index in [4.69, 9.17) is 16.3 Å². The lowest BCUT2D eigenvalue weighted by Gasteiger charge is -2.29. The summed E-state index contributed by atoms with van der Waals surface area (Å²) in [7, 11) is 0. The minimum absolute atomic E-state index is 0.0151. The summed E-state index contributed by atoms with van der Waals surface area (Å²) in [6, 6.07) is 3.98. The number of benzene rings is 1. The topological polar surface area (TPSA) is 41.6 Å². The minimum Gasteiger partial charge on any atom is -0.378 e. The third kappa shape index (κ3) is 3.58. The van der Waals surface area contributed by atoms with E-state index in [0.29, 0.717) is 32.0 Å².